The van der Waals surface area contributed by atoms with E-state index < -0.39 is 0 Å². The minimum atomic E-state index is 0.874. The van der Waals surface area contributed by atoms with Gasteiger partial charge in [0.25, 0.3) is 0 Å². The third-order valence-electron chi connectivity index (χ3n) is 12.6. The zero-order valence-electron chi connectivity index (χ0n) is 33.5. The fourth-order valence-corrected chi connectivity index (χ4v) is 10.9. The average Bonchev–Trinajstić information content (AvgIpc) is 3.89. The molecule has 0 saturated heterocycles. The summed E-state index contributed by atoms with van der Waals surface area (Å²) in [6.45, 7) is 0. The van der Waals surface area contributed by atoms with Crippen LogP contribution in [-0.2, 0) is 0 Å². The normalized spacial score (nSPS) is 12.0. The first-order valence-corrected chi connectivity index (χ1v) is 21.9. The van der Waals surface area contributed by atoms with Gasteiger partial charge in [-0.15, -0.1) is 11.3 Å². The van der Waals surface area contributed by atoms with E-state index in [4.69, 9.17) is 4.74 Å². The highest BCUT2D eigenvalue weighted by Gasteiger charge is 2.24. The Morgan fingerprint density at radius 2 is 1.05 bits per heavy atom. The maximum absolute atomic E-state index is 6.36. The van der Waals surface area contributed by atoms with Crippen LogP contribution in [0.2, 0.25) is 0 Å². The van der Waals surface area contributed by atoms with Crippen molar-refractivity contribution in [2.45, 2.75) is 0 Å². The van der Waals surface area contributed by atoms with Gasteiger partial charge in [0.1, 0.15) is 0 Å². The van der Waals surface area contributed by atoms with E-state index in [1.165, 1.54) is 80.7 Å². The highest BCUT2D eigenvalue weighted by molar-refractivity contribution is 7.26. The van der Waals surface area contributed by atoms with Crippen LogP contribution in [0.25, 0.3) is 91.8 Å². The van der Waals surface area contributed by atoms with Crippen molar-refractivity contribution in [1.82, 2.24) is 4.57 Å². The predicted octanol–water partition coefficient (Wildman–Crippen LogP) is 16.9. The van der Waals surface area contributed by atoms with Crippen molar-refractivity contribution in [3.63, 3.8) is 0 Å². The molecule has 0 N–H and O–H groups in total. The van der Waals surface area contributed by atoms with E-state index in [0.29, 0.717) is 0 Å². The molecule has 0 unspecified atom stereocenters. The van der Waals surface area contributed by atoms with Gasteiger partial charge in [-0.2, -0.15) is 0 Å². The highest BCUT2D eigenvalue weighted by atomic mass is 32.1. The second kappa shape index (κ2) is 13.8. The Balaban J connectivity index is 0.901. The number of para-hydroxylation sites is 3. The summed E-state index contributed by atoms with van der Waals surface area (Å²) in [5.74, 6) is 1.77. The lowest BCUT2D eigenvalue weighted by Crippen LogP contribution is -2.10. The van der Waals surface area contributed by atoms with Crippen LogP contribution in [0.1, 0.15) is 0 Å². The van der Waals surface area contributed by atoms with Crippen LogP contribution in [0.15, 0.2) is 218 Å². The lowest BCUT2D eigenvalue weighted by atomic mass is 9.97. The largest absolute Gasteiger partial charge is 0.453 e. The molecule has 1 aliphatic rings. The van der Waals surface area contributed by atoms with Gasteiger partial charge >= 0.3 is 0 Å². The standard InChI is InChI=1S/C58H36N2OS/c1-2-15-45-39(11-1)12-8-17-46(45)40-29-32-43(33-30-40)59(52-21-9-19-50-48-16-3-6-24-56(48)62-58(50)52)44-14-7-13-41(35-44)37-25-27-38(28-26-37)42-31-34-47-49-18-10-23-55-57(49)60(53(47)36-42)51-20-4-5-22-54(51)61-55/h1-36H. The quantitative estimate of drug-likeness (QED) is 0.166. The lowest BCUT2D eigenvalue weighted by Gasteiger charge is -2.27. The van der Waals surface area contributed by atoms with E-state index in [1.807, 2.05) is 23.5 Å². The minimum absolute atomic E-state index is 0.874. The van der Waals surface area contributed by atoms with Crippen molar-refractivity contribution in [2.75, 3.05) is 4.90 Å². The molecule has 12 aromatic rings. The number of hydrogen-bond donors (Lipinski definition) is 0. The van der Waals surface area contributed by atoms with Crippen molar-refractivity contribution >= 4 is 81.1 Å². The lowest BCUT2D eigenvalue weighted by molar-refractivity contribution is 0.476. The number of nitrogens with zero attached hydrogens (tertiary/aromatic N) is 2. The molecule has 0 spiro atoms. The van der Waals surface area contributed by atoms with Gasteiger partial charge in [-0.1, -0.05) is 158 Å². The third kappa shape index (κ3) is 5.44. The van der Waals surface area contributed by atoms with Crippen LogP contribution < -0.4 is 9.64 Å². The Hall–Kier alpha value is -7.92. The van der Waals surface area contributed by atoms with Crippen LogP contribution in [0.5, 0.6) is 11.5 Å². The molecule has 290 valence electrons. The van der Waals surface area contributed by atoms with E-state index in [1.54, 1.807) is 0 Å². The maximum atomic E-state index is 6.36. The van der Waals surface area contributed by atoms with Gasteiger partial charge < -0.3 is 14.2 Å². The topological polar surface area (TPSA) is 17.4 Å². The number of rotatable bonds is 6. The SMILES string of the molecule is c1cc(-c2ccc(-c3ccc4c5cccc6c5n(c4c3)-c3ccccc3O6)cc2)cc(N(c2ccc(-c3cccc4ccccc34)cc2)c2cccc3c2sc2ccccc23)c1. The zero-order valence-corrected chi connectivity index (χ0v) is 34.3. The predicted molar refractivity (Wildman–Crippen MR) is 262 cm³/mol. The molecule has 0 amide bonds. The third-order valence-corrected chi connectivity index (χ3v) is 13.8. The number of fused-ring (bicyclic) bond motifs is 9. The van der Waals surface area contributed by atoms with Gasteiger partial charge in [0.05, 0.1) is 27.1 Å². The molecule has 0 radical (unpaired) electrons. The van der Waals surface area contributed by atoms with Gasteiger partial charge in [0.2, 0.25) is 0 Å². The smallest absolute Gasteiger partial charge is 0.152 e. The molecule has 0 atom stereocenters. The van der Waals surface area contributed by atoms with E-state index >= 15 is 0 Å². The van der Waals surface area contributed by atoms with Gasteiger partial charge in [-0.25, -0.2) is 0 Å². The van der Waals surface area contributed by atoms with Crippen LogP contribution in [0.4, 0.5) is 17.1 Å². The van der Waals surface area contributed by atoms with E-state index in [-0.39, 0.29) is 0 Å². The van der Waals surface area contributed by atoms with Crippen LogP contribution in [0.3, 0.4) is 0 Å². The molecule has 3 nitrogen and oxygen atoms in total. The van der Waals surface area contributed by atoms with Gasteiger partial charge in [0, 0.05) is 37.6 Å². The van der Waals surface area contributed by atoms with Crippen LogP contribution in [0, 0.1) is 0 Å². The second-order valence-electron chi connectivity index (χ2n) is 16.1. The molecule has 1 aliphatic heterocycles. The van der Waals surface area contributed by atoms with E-state index in [0.717, 1.165) is 39.6 Å². The van der Waals surface area contributed by atoms with Crippen molar-refractivity contribution in [3.05, 3.63) is 218 Å². The first-order valence-electron chi connectivity index (χ1n) is 21.1. The Morgan fingerprint density at radius 1 is 0.403 bits per heavy atom. The van der Waals surface area contributed by atoms with E-state index in [9.17, 15) is 0 Å². The molecular weight excluding hydrogens is 773 g/mol. The number of ether oxygens (including phenoxy) is 1. The van der Waals surface area contributed by atoms with Crippen molar-refractivity contribution in [1.29, 1.82) is 0 Å². The molecule has 0 saturated carbocycles. The first kappa shape index (κ1) is 34.9. The molecule has 4 heteroatoms. The molecule has 3 heterocycles. The number of aromatic nitrogens is 1. The summed E-state index contributed by atoms with van der Waals surface area (Å²) in [7, 11) is 0. The Kier molecular flexibility index (Phi) is 7.78. The van der Waals surface area contributed by atoms with Crippen LogP contribution >= 0.6 is 11.3 Å². The number of thiophene rings is 1. The van der Waals surface area contributed by atoms with Crippen molar-refractivity contribution in [3.8, 4) is 50.6 Å². The van der Waals surface area contributed by atoms with Gasteiger partial charge in [-0.05, 0) is 105 Å². The number of hydrogen-bond acceptors (Lipinski definition) is 3. The summed E-state index contributed by atoms with van der Waals surface area (Å²) >= 11 is 1.86. The van der Waals surface area contributed by atoms with Gasteiger partial charge in [0.15, 0.2) is 11.5 Å². The molecule has 0 fully saturated rings. The molecule has 10 aromatic carbocycles. The summed E-state index contributed by atoms with van der Waals surface area (Å²) in [5.41, 5.74) is 13.9. The Bertz CT molecular complexity index is 3720. The minimum Gasteiger partial charge on any atom is -0.453 e. The summed E-state index contributed by atoms with van der Waals surface area (Å²) < 4.78 is 11.3. The highest BCUT2D eigenvalue weighted by Crippen LogP contribution is 2.48. The molecular formula is C58H36N2OS. The maximum Gasteiger partial charge on any atom is 0.152 e. The van der Waals surface area contributed by atoms with Crippen molar-refractivity contribution in [2.24, 2.45) is 0 Å². The Labute approximate surface area is 362 Å². The molecule has 62 heavy (non-hydrogen) atoms. The Morgan fingerprint density at radius 3 is 1.94 bits per heavy atom. The van der Waals surface area contributed by atoms with Gasteiger partial charge in [-0.3, -0.25) is 0 Å². The molecule has 13 rings (SSSR count). The summed E-state index contributed by atoms with van der Waals surface area (Å²) in [6, 6.07) is 79.3. The van der Waals surface area contributed by atoms with E-state index in [2.05, 4.69) is 216 Å². The summed E-state index contributed by atoms with van der Waals surface area (Å²) in [5, 5.41) is 7.50. The molecule has 2 aromatic heterocycles. The van der Waals surface area contributed by atoms with Crippen LogP contribution in [-0.4, -0.2) is 4.57 Å². The second-order valence-corrected chi connectivity index (χ2v) is 17.1. The zero-order chi connectivity index (χ0) is 40.7. The first-order chi connectivity index (χ1) is 30.7. The summed E-state index contributed by atoms with van der Waals surface area (Å²) in [6.07, 6.45) is 0. The fourth-order valence-electron chi connectivity index (χ4n) is 9.68. The monoisotopic (exact) mass is 808 g/mol. The molecule has 0 bridgehead atoms. The number of anilines is 3. The summed E-state index contributed by atoms with van der Waals surface area (Å²) in [4.78, 5) is 2.43. The average molecular weight is 809 g/mol. The fraction of sp³-hybridized carbons (Fsp3) is 0. The molecule has 0 aliphatic carbocycles. The van der Waals surface area contributed by atoms with Crippen molar-refractivity contribution < 1.29 is 4.74 Å². The number of benzene rings is 10.